The van der Waals surface area contributed by atoms with Crippen molar-refractivity contribution in [1.82, 2.24) is 4.90 Å². The van der Waals surface area contributed by atoms with E-state index in [1.807, 2.05) is 17.0 Å². The summed E-state index contributed by atoms with van der Waals surface area (Å²) >= 11 is 0. The summed E-state index contributed by atoms with van der Waals surface area (Å²) in [6.45, 7) is 1.43. The Balaban J connectivity index is 0.00000176. The quantitative estimate of drug-likeness (QED) is 0.922. The van der Waals surface area contributed by atoms with Crippen LogP contribution in [0.25, 0.3) is 0 Å². The van der Waals surface area contributed by atoms with Crippen LogP contribution in [0.3, 0.4) is 0 Å². The molecule has 3 nitrogen and oxygen atoms in total. The first-order valence-corrected chi connectivity index (χ1v) is 8.40. The third-order valence-electron chi connectivity index (χ3n) is 5.14. The Morgan fingerprint density at radius 1 is 1.05 bits per heavy atom. The maximum absolute atomic E-state index is 12.6. The molecule has 22 heavy (non-hydrogen) atoms. The lowest BCUT2D eigenvalue weighted by Crippen LogP contribution is -2.39. The van der Waals surface area contributed by atoms with Crippen LogP contribution in [-0.2, 0) is 0 Å². The van der Waals surface area contributed by atoms with E-state index in [0.29, 0.717) is 12.5 Å². The summed E-state index contributed by atoms with van der Waals surface area (Å²) in [7, 11) is 0. The molecule has 2 aliphatic rings. The first kappa shape index (κ1) is 17.3. The fraction of sp³-hybridized carbons (Fsp3) is 0.611. The zero-order valence-electron chi connectivity index (χ0n) is 13.2. The van der Waals surface area contributed by atoms with Crippen molar-refractivity contribution in [3.63, 3.8) is 0 Å². The number of carbonyl (C=O) groups excluding carboxylic acids is 1. The number of hydrogen-bond donors (Lipinski definition) is 1. The van der Waals surface area contributed by atoms with Gasteiger partial charge >= 0.3 is 0 Å². The van der Waals surface area contributed by atoms with Gasteiger partial charge in [-0.15, -0.1) is 12.4 Å². The number of nitrogens with zero attached hydrogens (tertiary/aromatic N) is 1. The molecule has 1 saturated heterocycles. The number of hydrogen-bond acceptors (Lipinski definition) is 2. The molecule has 1 aliphatic heterocycles. The van der Waals surface area contributed by atoms with Crippen molar-refractivity contribution in [1.29, 1.82) is 0 Å². The smallest absolute Gasteiger partial charge is 0.254 e. The lowest BCUT2D eigenvalue weighted by atomic mass is 9.84. The molecule has 1 amide bonds. The Hall–Kier alpha value is -1.06. The minimum absolute atomic E-state index is 0. The highest BCUT2D eigenvalue weighted by Crippen LogP contribution is 2.32. The largest absolute Gasteiger partial charge is 0.334 e. The van der Waals surface area contributed by atoms with Crippen LogP contribution in [0.2, 0.25) is 0 Å². The number of halogens is 1. The van der Waals surface area contributed by atoms with Crippen LogP contribution in [0, 0.1) is 0 Å². The van der Waals surface area contributed by atoms with Crippen LogP contribution in [0.4, 0.5) is 0 Å². The first-order chi connectivity index (χ1) is 10.3. The molecule has 1 aliphatic carbocycles. The second-order valence-corrected chi connectivity index (χ2v) is 6.49. The van der Waals surface area contributed by atoms with E-state index in [0.717, 1.165) is 24.9 Å². The van der Waals surface area contributed by atoms with Gasteiger partial charge in [-0.1, -0.05) is 31.4 Å². The number of carbonyl (C=O) groups is 1. The molecular formula is C18H27ClN2O. The van der Waals surface area contributed by atoms with Crippen molar-refractivity contribution in [2.45, 2.75) is 56.9 Å². The Bertz CT molecular complexity index is 482. The normalized spacial score (nSPS) is 22.4. The third kappa shape index (κ3) is 3.64. The third-order valence-corrected chi connectivity index (χ3v) is 5.14. The molecule has 2 N–H and O–H groups in total. The van der Waals surface area contributed by atoms with Crippen molar-refractivity contribution < 1.29 is 4.79 Å². The highest BCUT2D eigenvalue weighted by Gasteiger charge is 2.28. The molecule has 3 rings (SSSR count). The molecule has 4 heteroatoms. The van der Waals surface area contributed by atoms with Gasteiger partial charge in [0.15, 0.2) is 0 Å². The van der Waals surface area contributed by atoms with Crippen molar-refractivity contribution in [3.05, 3.63) is 35.4 Å². The molecule has 1 atom stereocenters. The molecule has 0 radical (unpaired) electrons. The fourth-order valence-electron chi connectivity index (χ4n) is 3.85. The number of nitrogens with two attached hydrogens (primary N) is 1. The molecule has 2 fully saturated rings. The highest BCUT2D eigenvalue weighted by atomic mass is 35.5. The van der Waals surface area contributed by atoms with Crippen LogP contribution in [0.5, 0.6) is 0 Å². The van der Waals surface area contributed by atoms with E-state index in [-0.39, 0.29) is 24.4 Å². The standard InChI is InChI=1S/C18H26N2O.ClH/c19-13-17-7-4-12-20(17)18(21)16-10-8-15(9-11-16)14-5-2-1-3-6-14;/h8-11,14,17H,1-7,12-13,19H2;1H. The van der Waals surface area contributed by atoms with Gasteiger partial charge in [-0.25, -0.2) is 0 Å². The predicted octanol–water partition coefficient (Wildman–Crippen LogP) is 3.72. The van der Waals surface area contributed by atoms with Gasteiger partial charge in [0.05, 0.1) is 0 Å². The lowest BCUT2D eigenvalue weighted by Gasteiger charge is -2.24. The minimum atomic E-state index is 0. The van der Waals surface area contributed by atoms with Crippen LogP contribution < -0.4 is 5.73 Å². The van der Waals surface area contributed by atoms with Crippen LogP contribution in [0.1, 0.15) is 66.8 Å². The molecule has 1 unspecified atom stereocenters. The van der Waals surface area contributed by atoms with Gasteiger partial charge < -0.3 is 10.6 Å². The summed E-state index contributed by atoms with van der Waals surface area (Å²) in [4.78, 5) is 14.5. The number of benzene rings is 1. The topological polar surface area (TPSA) is 46.3 Å². The minimum Gasteiger partial charge on any atom is -0.334 e. The highest BCUT2D eigenvalue weighted by molar-refractivity contribution is 5.94. The second kappa shape index (κ2) is 7.98. The molecule has 1 aromatic rings. The van der Waals surface area contributed by atoms with Gasteiger partial charge in [0.2, 0.25) is 0 Å². The van der Waals surface area contributed by atoms with E-state index in [9.17, 15) is 4.79 Å². The predicted molar refractivity (Wildman–Crippen MR) is 92.6 cm³/mol. The van der Waals surface area contributed by atoms with Crippen molar-refractivity contribution >= 4 is 18.3 Å². The van der Waals surface area contributed by atoms with E-state index in [4.69, 9.17) is 5.73 Å². The van der Waals surface area contributed by atoms with Crippen LogP contribution in [0.15, 0.2) is 24.3 Å². The van der Waals surface area contributed by atoms with E-state index in [1.165, 1.54) is 37.7 Å². The van der Waals surface area contributed by atoms with E-state index >= 15 is 0 Å². The van der Waals surface area contributed by atoms with Crippen molar-refractivity contribution in [2.75, 3.05) is 13.1 Å². The molecule has 1 saturated carbocycles. The zero-order chi connectivity index (χ0) is 14.7. The number of likely N-dealkylation sites (tertiary alicyclic amines) is 1. The van der Waals surface area contributed by atoms with Gasteiger partial charge in [-0.2, -0.15) is 0 Å². The van der Waals surface area contributed by atoms with Crippen LogP contribution in [-0.4, -0.2) is 29.9 Å². The summed E-state index contributed by atoms with van der Waals surface area (Å²) in [6.07, 6.45) is 8.79. The summed E-state index contributed by atoms with van der Waals surface area (Å²) in [5.74, 6) is 0.852. The molecule has 122 valence electrons. The van der Waals surface area contributed by atoms with Crippen molar-refractivity contribution in [2.24, 2.45) is 5.73 Å². The summed E-state index contributed by atoms with van der Waals surface area (Å²) < 4.78 is 0. The maximum Gasteiger partial charge on any atom is 0.254 e. The molecular weight excluding hydrogens is 296 g/mol. The summed E-state index contributed by atoms with van der Waals surface area (Å²) in [5, 5.41) is 0. The molecule has 0 bridgehead atoms. The molecule has 1 aromatic carbocycles. The van der Waals surface area contributed by atoms with Gasteiger partial charge in [0, 0.05) is 24.7 Å². The van der Waals surface area contributed by atoms with Crippen LogP contribution >= 0.6 is 12.4 Å². The van der Waals surface area contributed by atoms with E-state index in [1.54, 1.807) is 0 Å². The Morgan fingerprint density at radius 2 is 1.73 bits per heavy atom. The average molecular weight is 323 g/mol. The first-order valence-electron chi connectivity index (χ1n) is 8.40. The Kier molecular flexibility index (Phi) is 6.27. The zero-order valence-corrected chi connectivity index (χ0v) is 14.0. The summed E-state index contributed by atoms with van der Waals surface area (Å²) in [6, 6.07) is 8.58. The second-order valence-electron chi connectivity index (χ2n) is 6.49. The fourth-order valence-corrected chi connectivity index (χ4v) is 3.85. The van der Waals surface area contributed by atoms with E-state index in [2.05, 4.69) is 12.1 Å². The Labute approximate surface area is 139 Å². The number of amides is 1. The maximum atomic E-state index is 12.6. The van der Waals surface area contributed by atoms with E-state index < -0.39 is 0 Å². The molecule has 0 spiro atoms. The van der Waals surface area contributed by atoms with Crippen molar-refractivity contribution in [3.8, 4) is 0 Å². The SMILES string of the molecule is Cl.NCC1CCCN1C(=O)c1ccc(C2CCCCC2)cc1. The van der Waals surface area contributed by atoms with Gasteiger partial charge in [-0.05, 0) is 49.3 Å². The molecule has 0 aromatic heterocycles. The molecule has 1 heterocycles. The van der Waals surface area contributed by atoms with Gasteiger partial charge in [0.1, 0.15) is 0 Å². The Morgan fingerprint density at radius 3 is 2.36 bits per heavy atom. The van der Waals surface area contributed by atoms with Gasteiger partial charge in [0.25, 0.3) is 5.91 Å². The monoisotopic (exact) mass is 322 g/mol. The lowest BCUT2D eigenvalue weighted by molar-refractivity contribution is 0.0741. The average Bonchev–Trinajstić information content (AvgIpc) is 3.04. The summed E-state index contributed by atoms with van der Waals surface area (Å²) in [5.41, 5.74) is 7.99. The van der Waals surface area contributed by atoms with Gasteiger partial charge in [-0.3, -0.25) is 4.79 Å². The number of rotatable bonds is 3.